The van der Waals surface area contributed by atoms with E-state index in [4.69, 9.17) is 28.9 Å². The number of nitrogen functional groups attached to an aromatic ring is 1. The SMILES string of the molecule is CC(CCNc1c(Cl)cc(N)cc1Cl)c1ccccc1. The first-order valence-electron chi connectivity index (χ1n) is 6.61. The van der Waals surface area contributed by atoms with Gasteiger partial charge in [-0.1, -0.05) is 60.5 Å². The van der Waals surface area contributed by atoms with E-state index in [1.54, 1.807) is 12.1 Å². The fraction of sp³-hybridized carbons (Fsp3) is 0.250. The van der Waals surface area contributed by atoms with Gasteiger partial charge in [0.25, 0.3) is 0 Å². The zero-order valence-electron chi connectivity index (χ0n) is 11.4. The molecule has 0 fully saturated rings. The number of nitrogens with two attached hydrogens (primary N) is 1. The van der Waals surface area contributed by atoms with Crippen molar-refractivity contribution >= 4 is 34.6 Å². The van der Waals surface area contributed by atoms with E-state index in [2.05, 4.69) is 36.5 Å². The smallest absolute Gasteiger partial charge is 0.0720 e. The molecule has 0 aliphatic carbocycles. The molecule has 3 N–H and O–H groups in total. The maximum Gasteiger partial charge on any atom is 0.0720 e. The molecule has 20 heavy (non-hydrogen) atoms. The van der Waals surface area contributed by atoms with Gasteiger partial charge in [-0.2, -0.15) is 0 Å². The predicted molar refractivity (Wildman–Crippen MR) is 88.8 cm³/mol. The van der Waals surface area contributed by atoms with Gasteiger partial charge in [0.05, 0.1) is 15.7 Å². The lowest BCUT2D eigenvalue weighted by Crippen LogP contribution is -2.07. The molecule has 2 rings (SSSR count). The summed E-state index contributed by atoms with van der Waals surface area (Å²) < 4.78 is 0. The number of nitrogens with one attached hydrogen (secondary N) is 1. The summed E-state index contributed by atoms with van der Waals surface area (Å²) in [5.74, 6) is 0.482. The number of anilines is 2. The van der Waals surface area contributed by atoms with Crippen LogP contribution in [-0.4, -0.2) is 6.54 Å². The molecule has 0 saturated heterocycles. The molecule has 0 spiro atoms. The van der Waals surface area contributed by atoms with E-state index in [0.29, 0.717) is 21.7 Å². The van der Waals surface area contributed by atoms with Crippen molar-refractivity contribution in [2.75, 3.05) is 17.6 Å². The Balaban J connectivity index is 1.94. The van der Waals surface area contributed by atoms with E-state index in [1.807, 2.05) is 6.07 Å². The minimum Gasteiger partial charge on any atom is -0.399 e. The minimum absolute atomic E-state index is 0.482. The topological polar surface area (TPSA) is 38.0 Å². The first-order chi connectivity index (χ1) is 9.58. The fourth-order valence-corrected chi connectivity index (χ4v) is 2.76. The van der Waals surface area contributed by atoms with Crippen LogP contribution in [0, 0.1) is 0 Å². The molecular weight excluding hydrogens is 291 g/mol. The molecule has 0 heterocycles. The van der Waals surface area contributed by atoms with Crippen LogP contribution in [0.25, 0.3) is 0 Å². The zero-order chi connectivity index (χ0) is 14.5. The van der Waals surface area contributed by atoms with Crippen molar-refractivity contribution < 1.29 is 0 Å². The Morgan fingerprint density at radius 3 is 2.30 bits per heavy atom. The molecule has 0 amide bonds. The molecule has 0 saturated carbocycles. The Bertz CT molecular complexity index is 547. The molecule has 2 nitrogen and oxygen atoms in total. The van der Waals surface area contributed by atoms with E-state index in [1.165, 1.54) is 5.56 Å². The van der Waals surface area contributed by atoms with Crippen molar-refractivity contribution in [3.63, 3.8) is 0 Å². The van der Waals surface area contributed by atoms with Crippen molar-refractivity contribution in [1.29, 1.82) is 0 Å². The van der Waals surface area contributed by atoms with Crippen LogP contribution in [0.4, 0.5) is 11.4 Å². The number of benzene rings is 2. The molecule has 0 aromatic heterocycles. The number of hydrogen-bond acceptors (Lipinski definition) is 2. The Morgan fingerprint density at radius 1 is 1.10 bits per heavy atom. The van der Waals surface area contributed by atoms with Crippen LogP contribution in [0.2, 0.25) is 10.0 Å². The maximum atomic E-state index is 6.14. The van der Waals surface area contributed by atoms with E-state index in [9.17, 15) is 0 Å². The van der Waals surface area contributed by atoms with Crippen molar-refractivity contribution in [3.05, 3.63) is 58.1 Å². The van der Waals surface area contributed by atoms with Gasteiger partial charge in [-0.05, 0) is 30.0 Å². The minimum atomic E-state index is 0.482. The van der Waals surface area contributed by atoms with Crippen molar-refractivity contribution in [2.45, 2.75) is 19.3 Å². The third-order valence-corrected chi connectivity index (χ3v) is 3.91. The van der Waals surface area contributed by atoms with Crippen LogP contribution in [0.5, 0.6) is 0 Å². The van der Waals surface area contributed by atoms with Gasteiger partial charge in [0.15, 0.2) is 0 Å². The van der Waals surface area contributed by atoms with Crippen molar-refractivity contribution in [1.82, 2.24) is 0 Å². The number of halogens is 2. The molecule has 2 aromatic rings. The van der Waals surface area contributed by atoms with Crippen LogP contribution in [-0.2, 0) is 0 Å². The van der Waals surface area contributed by atoms with Gasteiger partial charge in [0, 0.05) is 12.2 Å². The summed E-state index contributed by atoms with van der Waals surface area (Å²) in [6.45, 7) is 3.02. The average Bonchev–Trinajstić information content (AvgIpc) is 2.42. The van der Waals surface area contributed by atoms with Crippen molar-refractivity contribution in [2.24, 2.45) is 0 Å². The van der Waals surface area contributed by atoms with Gasteiger partial charge in [-0.25, -0.2) is 0 Å². The zero-order valence-corrected chi connectivity index (χ0v) is 12.9. The van der Waals surface area contributed by atoms with Crippen LogP contribution in [0.1, 0.15) is 24.8 Å². The fourth-order valence-electron chi connectivity index (χ4n) is 2.12. The normalized spacial score (nSPS) is 12.2. The molecule has 0 bridgehead atoms. The van der Waals surface area contributed by atoms with Gasteiger partial charge < -0.3 is 11.1 Å². The molecular formula is C16H18Cl2N2. The van der Waals surface area contributed by atoms with E-state index in [0.717, 1.165) is 18.7 Å². The van der Waals surface area contributed by atoms with Gasteiger partial charge in [-0.15, -0.1) is 0 Å². The quantitative estimate of drug-likeness (QED) is 0.747. The second-order valence-electron chi connectivity index (χ2n) is 4.89. The molecule has 0 aliphatic rings. The van der Waals surface area contributed by atoms with Gasteiger partial charge in [0.2, 0.25) is 0 Å². The number of rotatable bonds is 5. The molecule has 0 radical (unpaired) electrons. The van der Waals surface area contributed by atoms with Crippen LogP contribution < -0.4 is 11.1 Å². The summed E-state index contributed by atoms with van der Waals surface area (Å²) in [7, 11) is 0. The Morgan fingerprint density at radius 2 is 1.70 bits per heavy atom. The summed E-state index contributed by atoms with van der Waals surface area (Å²) in [5.41, 5.74) is 8.35. The molecule has 106 valence electrons. The molecule has 4 heteroatoms. The van der Waals surface area contributed by atoms with E-state index < -0.39 is 0 Å². The summed E-state index contributed by atoms with van der Waals surface area (Å²) >= 11 is 12.3. The Labute approximate surface area is 129 Å². The third kappa shape index (κ3) is 3.81. The van der Waals surface area contributed by atoms with Gasteiger partial charge >= 0.3 is 0 Å². The Kier molecular flexibility index (Phi) is 5.16. The summed E-state index contributed by atoms with van der Waals surface area (Å²) in [6, 6.07) is 13.9. The highest BCUT2D eigenvalue weighted by atomic mass is 35.5. The summed E-state index contributed by atoms with van der Waals surface area (Å²) in [6.07, 6.45) is 1.00. The van der Waals surface area contributed by atoms with Gasteiger partial charge in [0.1, 0.15) is 0 Å². The lowest BCUT2D eigenvalue weighted by atomic mass is 9.98. The molecule has 2 aromatic carbocycles. The summed E-state index contributed by atoms with van der Waals surface area (Å²) in [4.78, 5) is 0. The van der Waals surface area contributed by atoms with Crippen LogP contribution >= 0.6 is 23.2 Å². The second kappa shape index (κ2) is 6.87. The molecule has 1 atom stereocenters. The predicted octanol–water partition coefficient (Wildman–Crippen LogP) is 5.18. The maximum absolute atomic E-state index is 6.14. The second-order valence-corrected chi connectivity index (χ2v) is 5.70. The highest BCUT2D eigenvalue weighted by molar-refractivity contribution is 6.39. The Hall–Kier alpha value is -1.38. The number of hydrogen-bond donors (Lipinski definition) is 2. The lowest BCUT2D eigenvalue weighted by molar-refractivity contribution is 0.706. The first-order valence-corrected chi connectivity index (χ1v) is 7.37. The first kappa shape index (κ1) is 15.0. The lowest BCUT2D eigenvalue weighted by Gasteiger charge is -2.15. The third-order valence-electron chi connectivity index (χ3n) is 3.31. The monoisotopic (exact) mass is 308 g/mol. The molecule has 1 unspecified atom stereocenters. The standard InChI is InChI=1S/C16H18Cl2N2/c1-11(12-5-3-2-4-6-12)7-8-20-16-14(17)9-13(19)10-15(16)18/h2-6,9-11,20H,7-8,19H2,1H3. The van der Waals surface area contributed by atoms with E-state index in [-0.39, 0.29) is 0 Å². The summed E-state index contributed by atoms with van der Waals surface area (Å²) in [5, 5.41) is 4.41. The van der Waals surface area contributed by atoms with Crippen LogP contribution in [0.15, 0.2) is 42.5 Å². The van der Waals surface area contributed by atoms with Crippen LogP contribution in [0.3, 0.4) is 0 Å². The highest BCUT2D eigenvalue weighted by Gasteiger charge is 2.08. The van der Waals surface area contributed by atoms with Crippen molar-refractivity contribution in [3.8, 4) is 0 Å². The molecule has 0 aliphatic heterocycles. The highest BCUT2D eigenvalue weighted by Crippen LogP contribution is 2.33. The largest absolute Gasteiger partial charge is 0.399 e. The van der Waals surface area contributed by atoms with Gasteiger partial charge in [-0.3, -0.25) is 0 Å². The average molecular weight is 309 g/mol. The van der Waals surface area contributed by atoms with E-state index >= 15 is 0 Å².